The van der Waals surface area contributed by atoms with Gasteiger partial charge >= 0.3 is 6.11 Å². The molecule has 2 nitrogen and oxygen atoms in total. The number of alkyl halides is 2. The maximum atomic E-state index is 15.5. The summed E-state index contributed by atoms with van der Waals surface area (Å²) in [5.41, 5.74) is -2.28. The SMILES string of the molecule is C/C=C/Cc1cc(F)c(C(F)(F)Oc2cc(F)c(C#N)c(F)c2)c(F)c1C1CCCCC1. The number of nitrogens with zero attached hydrogens (tertiary/aromatic N) is 1. The van der Waals surface area contributed by atoms with Gasteiger partial charge in [-0.1, -0.05) is 31.4 Å². The molecule has 0 saturated heterocycles. The van der Waals surface area contributed by atoms with E-state index in [2.05, 4.69) is 4.74 Å². The van der Waals surface area contributed by atoms with Gasteiger partial charge in [-0.3, -0.25) is 0 Å². The van der Waals surface area contributed by atoms with Crippen LogP contribution < -0.4 is 4.74 Å². The molecule has 1 aliphatic rings. The largest absolute Gasteiger partial charge is 0.432 e. The Bertz CT molecular complexity index is 1040. The molecule has 2 aromatic rings. The first-order chi connectivity index (χ1) is 15.2. The van der Waals surface area contributed by atoms with E-state index < -0.39 is 46.3 Å². The molecule has 0 radical (unpaired) electrons. The van der Waals surface area contributed by atoms with Crippen molar-refractivity contribution in [3.05, 3.63) is 75.9 Å². The van der Waals surface area contributed by atoms with Gasteiger partial charge in [-0.2, -0.15) is 14.0 Å². The van der Waals surface area contributed by atoms with Gasteiger partial charge in [0.05, 0.1) is 0 Å². The van der Waals surface area contributed by atoms with Crippen LogP contribution in [0.5, 0.6) is 5.75 Å². The molecule has 8 heteroatoms. The van der Waals surface area contributed by atoms with E-state index in [0.717, 1.165) is 25.3 Å². The summed E-state index contributed by atoms with van der Waals surface area (Å²) in [6.45, 7) is 1.74. The highest BCUT2D eigenvalue weighted by atomic mass is 19.3. The number of benzene rings is 2. The Morgan fingerprint density at radius 3 is 2.22 bits per heavy atom. The average Bonchev–Trinajstić information content (AvgIpc) is 2.71. The van der Waals surface area contributed by atoms with Crippen molar-refractivity contribution in [2.45, 2.75) is 57.5 Å². The second-order valence-corrected chi connectivity index (χ2v) is 7.72. The van der Waals surface area contributed by atoms with E-state index in [1.807, 2.05) is 0 Å². The van der Waals surface area contributed by atoms with E-state index in [1.54, 1.807) is 19.1 Å². The number of allylic oxidation sites excluding steroid dienone is 2. The van der Waals surface area contributed by atoms with Gasteiger partial charge in [0.1, 0.15) is 46.2 Å². The van der Waals surface area contributed by atoms with E-state index in [-0.39, 0.29) is 23.5 Å². The van der Waals surface area contributed by atoms with Crippen LogP contribution in [0.1, 0.15) is 67.2 Å². The van der Waals surface area contributed by atoms with Crippen LogP contribution in [0.25, 0.3) is 0 Å². The Kier molecular flexibility index (Phi) is 7.17. The minimum Gasteiger partial charge on any atom is -0.429 e. The first-order valence-electron chi connectivity index (χ1n) is 10.3. The van der Waals surface area contributed by atoms with Crippen molar-refractivity contribution in [3.8, 4) is 11.8 Å². The lowest BCUT2D eigenvalue weighted by Crippen LogP contribution is -2.27. The number of rotatable bonds is 6. The summed E-state index contributed by atoms with van der Waals surface area (Å²) in [5, 5.41) is 8.69. The quantitative estimate of drug-likeness (QED) is 0.337. The molecule has 170 valence electrons. The van der Waals surface area contributed by atoms with Crippen LogP contribution >= 0.6 is 0 Å². The maximum absolute atomic E-state index is 15.5. The molecule has 0 aromatic heterocycles. The molecule has 0 N–H and O–H groups in total. The molecule has 32 heavy (non-hydrogen) atoms. The van der Waals surface area contributed by atoms with Gasteiger partial charge in [-0.05, 0) is 49.3 Å². The molecular weight excluding hydrogens is 432 g/mol. The number of hydrogen-bond donors (Lipinski definition) is 0. The van der Waals surface area contributed by atoms with Crippen molar-refractivity contribution in [3.63, 3.8) is 0 Å². The predicted molar refractivity (Wildman–Crippen MR) is 106 cm³/mol. The Morgan fingerprint density at radius 2 is 1.66 bits per heavy atom. The third-order valence-corrected chi connectivity index (χ3v) is 5.59. The molecule has 3 rings (SSSR count). The van der Waals surface area contributed by atoms with Crippen molar-refractivity contribution in [2.24, 2.45) is 0 Å². The van der Waals surface area contributed by atoms with Crippen molar-refractivity contribution in [1.29, 1.82) is 5.26 Å². The Labute approximate surface area is 182 Å². The van der Waals surface area contributed by atoms with E-state index in [9.17, 15) is 22.0 Å². The molecule has 0 bridgehead atoms. The van der Waals surface area contributed by atoms with Crippen molar-refractivity contribution in [1.82, 2.24) is 0 Å². The van der Waals surface area contributed by atoms with Crippen LogP contribution in [0.4, 0.5) is 26.3 Å². The highest BCUT2D eigenvalue weighted by molar-refractivity contribution is 5.42. The fourth-order valence-electron chi connectivity index (χ4n) is 4.11. The fraction of sp³-hybridized carbons (Fsp3) is 0.375. The third-order valence-electron chi connectivity index (χ3n) is 5.59. The molecule has 0 spiro atoms. The van der Waals surface area contributed by atoms with E-state index in [1.165, 1.54) is 6.07 Å². The zero-order chi connectivity index (χ0) is 23.5. The first-order valence-corrected chi connectivity index (χ1v) is 10.3. The lowest BCUT2D eigenvalue weighted by Gasteiger charge is -2.27. The predicted octanol–water partition coefficient (Wildman–Crippen LogP) is 7.41. The highest BCUT2D eigenvalue weighted by Gasteiger charge is 2.43. The number of ether oxygens (including phenoxy) is 1. The van der Waals surface area contributed by atoms with Gasteiger partial charge in [-0.15, -0.1) is 0 Å². The topological polar surface area (TPSA) is 33.0 Å². The molecule has 0 amide bonds. The summed E-state index contributed by atoms with van der Waals surface area (Å²) in [6, 6.07) is 2.86. The number of nitriles is 1. The van der Waals surface area contributed by atoms with Gasteiger partial charge in [0.25, 0.3) is 0 Å². The normalized spacial score (nSPS) is 15.2. The van der Waals surface area contributed by atoms with Crippen molar-refractivity contribution < 1.29 is 31.1 Å². The molecule has 1 saturated carbocycles. The Morgan fingerprint density at radius 1 is 1.03 bits per heavy atom. The molecule has 2 aromatic carbocycles. The molecule has 0 aliphatic heterocycles. The van der Waals surface area contributed by atoms with Gasteiger partial charge < -0.3 is 4.74 Å². The van der Waals surface area contributed by atoms with Crippen LogP contribution in [0.15, 0.2) is 30.4 Å². The van der Waals surface area contributed by atoms with Crippen LogP contribution in [0.2, 0.25) is 0 Å². The third kappa shape index (κ3) is 4.77. The summed E-state index contributed by atoms with van der Waals surface area (Å²) < 4.78 is 92.0. The summed E-state index contributed by atoms with van der Waals surface area (Å²) >= 11 is 0. The molecule has 0 atom stereocenters. The lowest BCUT2D eigenvalue weighted by molar-refractivity contribution is -0.189. The molecule has 1 aliphatic carbocycles. The summed E-state index contributed by atoms with van der Waals surface area (Å²) in [4.78, 5) is 0. The van der Waals surface area contributed by atoms with E-state index >= 15 is 4.39 Å². The Hall–Kier alpha value is -2.95. The monoisotopic (exact) mass is 453 g/mol. The van der Waals surface area contributed by atoms with Crippen molar-refractivity contribution >= 4 is 0 Å². The summed E-state index contributed by atoms with van der Waals surface area (Å²) in [7, 11) is 0. The molecular formula is C24H21F6NO. The average molecular weight is 453 g/mol. The first kappa shape index (κ1) is 23.7. The van der Waals surface area contributed by atoms with Gasteiger partial charge in [-0.25, -0.2) is 17.6 Å². The zero-order valence-corrected chi connectivity index (χ0v) is 17.3. The molecule has 0 heterocycles. The minimum atomic E-state index is -4.55. The van der Waals surface area contributed by atoms with E-state index in [4.69, 9.17) is 5.26 Å². The Balaban J connectivity index is 2.08. The fourth-order valence-corrected chi connectivity index (χ4v) is 4.11. The zero-order valence-electron chi connectivity index (χ0n) is 17.3. The number of hydrogen-bond acceptors (Lipinski definition) is 2. The lowest BCUT2D eigenvalue weighted by atomic mass is 9.80. The van der Waals surface area contributed by atoms with Crippen molar-refractivity contribution in [2.75, 3.05) is 0 Å². The smallest absolute Gasteiger partial charge is 0.429 e. The van der Waals surface area contributed by atoms with Crippen LogP contribution in [0.3, 0.4) is 0 Å². The van der Waals surface area contributed by atoms with Gasteiger partial charge in [0, 0.05) is 12.1 Å². The maximum Gasteiger partial charge on any atom is 0.432 e. The second-order valence-electron chi connectivity index (χ2n) is 7.72. The molecule has 1 fully saturated rings. The minimum absolute atomic E-state index is 0.0275. The van der Waals surface area contributed by atoms with Crippen LogP contribution in [-0.2, 0) is 12.5 Å². The van der Waals surface area contributed by atoms with Crippen LogP contribution in [0, 0.1) is 34.6 Å². The van der Waals surface area contributed by atoms with E-state index in [0.29, 0.717) is 25.0 Å². The number of halogens is 6. The standard InChI is InChI=1S/C24H21F6NO/c1-2-3-7-15-10-20(27)22(23(28)21(15)14-8-5-4-6-9-14)24(29,30)32-16-11-18(25)17(13-31)19(26)12-16/h2-3,10-12,14H,4-9H2,1H3/b3-2+. The van der Waals surface area contributed by atoms with Gasteiger partial charge in [0.15, 0.2) is 0 Å². The van der Waals surface area contributed by atoms with Crippen LogP contribution in [-0.4, -0.2) is 0 Å². The second kappa shape index (κ2) is 9.68. The summed E-state index contributed by atoms with van der Waals surface area (Å²) in [6.07, 6.45) is 2.72. The molecule has 0 unspecified atom stereocenters. The highest BCUT2D eigenvalue weighted by Crippen LogP contribution is 2.42. The summed E-state index contributed by atoms with van der Waals surface area (Å²) in [5.74, 6) is -7.12. The van der Waals surface area contributed by atoms with Gasteiger partial charge in [0.2, 0.25) is 0 Å².